The number of terminal acetylenes is 1. The summed E-state index contributed by atoms with van der Waals surface area (Å²) in [6.07, 6.45) is 7.85. The molecular weight excluding hydrogens is 320 g/mol. The third-order valence-corrected chi connectivity index (χ3v) is 5.11. The molecule has 0 saturated carbocycles. The molecular formula is C20H32O5. The molecule has 0 radical (unpaired) electrons. The number of ketones is 1. The largest absolute Gasteiger partial charge is 0.463 e. The van der Waals surface area contributed by atoms with Crippen molar-refractivity contribution in [2.45, 2.75) is 72.2 Å². The summed E-state index contributed by atoms with van der Waals surface area (Å²) in [4.78, 5) is 22.6. The fraction of sp³-hybridized carbons (Fsp3) is 0.800. The Labute approximate surface area is 151 Å². The van der Waals surface area contributed by atoms with E-state index in [1.165, 1.54) is 6.92 Å². The smallest absolute Gasteiger partial charge is 0.302 e. The number of ether oxygens (including phenoxy) is 3. The molecule has 1 aliphatic rings. The molecule has 0 N–H and O–H groups in total. The van der Waals surface area contributed by atoms with Gasteiger partial charge in [-0.1, -0.05) is 20.8 Å². The summed E-state index contributed by atoms with van der Waals surface area (Å²) >= 11 is 0. The van der Waals surface area contributed by atoms with Gasteiger partial charge in [0.25, 0.3) is 0 Å². The van der Waals surface area contributed by atoms with Crippen molar-refractivity contribution in [3.8, 4) is 12.3 Å². The molecule has 0 spiro atoms. The van der Waals surface area contributed by atoms with Crippen LogP contribution in [0.25, 0.3) is 0 Å². The quantitative estimate of drug-likeness (QED) is 0.343. The summed E-state index contributed by atoms with van der Waals surface area (Å²) in [6, 6.07) is 0. The molecule has 0 amide bonds. The maximum absolute atomic E-state index is 11.6. The fourth-order valence-electron chi connectivity index (χ4n) is 3.03. The number of rotatable bonds is 10. The monoisotopic (exact) mass is 352 g/mol. The Morgan fingerprint density at radius 1 is 1.08 bits per heavy atom. The molecule has 0 aromatic carbocycles. The van der Waals surface area contributed by atoms with E-state index in [0.717, 1.165) is 12.8 Å². The number of hydrogen-bond acceptors (Lipinski definition) is 5. The lowest BCUT2D eigenvalue weighted by Gasteiger charge is -2.43. The summed E-state index contributed by atoms with van der Waals surface area (Å²) < 4.78 is 17.0. The first-order valence-electron chi connectivity index (χ1n) is 9.22. The van der Waals surface area contributed by atoms with Crippen LogP contribution in [-0.4, -0.2) is 37.4 Å². The van der Waals surface area contributed by atoms with Crippen LogP contribution in [0.1, 0.15) is 59.8 Å². The molecule has 1 rings (SSSR count). The Morgan fingerprint density at radius 3 is 2.44 bits per heavy atom. The average Bonchev–Trinajstić information content (AvgIpc) is 2.58. The average molecular weight is 352 g/mol. The molecule has 5 atom stereocenters. The summed E-state index contributed by atoms with van der Waals surface area (Å²) in [7, 11) is 0. The topological polar surface area (TPSA) is 61.8 Å². The Kier molecular flexibility index (Phi) is 9.77. The van der Waals surface area contributed by atoms with E-state index >= 15 is 0 Å². The molecule has 5 nitrogen and oxygen atoms in total. The van der Waals surface area contributed by atoms with Gasteiger partial charge in [0.05, 0.1) is 6.10 Å². The highest BCUT2D eigenvalue weighted by molar-refractivity contribution is 5.78. The number of carbonyl (C=O) groups excluding carboxylic acids is 2. The summed E-state index contributed by atoms with van der Waals surface area (Å²) in [5, 5.41) is 0. The SMILES string of the molecule is C#CCCC(=O)CCCCOC1OC(COC(C)=O)C(C)C(C)C1C. The molecule has 1 fully saturated rings. The standard InChI is InChI=1S/C20H32O5/c1-6-7-10-18(22)11-8-9-12-23-20-16(4)14(2)15(3)19(25-20)13-24-17(5)21/h1,14-16,19-20H,7-13H2,2-5H3. The van der Waals surface area contributed by atoms with Crippen LogP contribution in [-0.2, 0) is 23.8 Å². The molecule has 1 saturated heterocycles. The van der Waals surface area contributed by atoms with E-state index < -0.39 is 0 Å². The van der Waals surface area contributed by atoms with Gasteiger partial charge in [-0.15, -0.1) is 12.3 Å². The van der Waals surface area contributed by atoms with Crippen LogP contribution in [0.5, 0.6) is 0 Å². The first-order chi connectivity index (χ1) is 11.9. The molecule has 0 aliphatic carbocycles. The highest BCUT2D eigenvalue weighted by atomic mass is 16.7. The van der Waals surface area contributed by atoms with E-state index in [0.29, 0.717) is 37.7 Å². The second-order valence-corrected chi connectivity index (χ2v) is 6.99. The second kappa shape index (κ2) is 11.3. The van der Waals surface area contributed by atoms with Crippen LogP contribution >= 0.6 is 0 Å². The van der Waals surface area contributed by atoms with Crippen molar-refractivity contribution < 1.29 is 23.8 Å². The Balaban J connectivity index is 2.34. The molecule has 0 aromatic rings. The third kappa shape index (κ3) is 7.58. The van der Waals surface area contributed by atoms with E-state index in [-0.39, 0.29) is 36.7 Å². The minimum atomic E-state index is -0.302. The second-order valence-electron chi connectivity index (χ2n) is 6.99. The third-order valence-electron chi connectivity index (χ3n) is 5.11. The number of Topliss-reactive ketones (excluding diaryl/α,β-unsaturated/α-hetero) is 1. The number of carbonyl (C=O) groups is 2. The van der Waals surface area contributed by atoms with Crippen molar-refractivity contribution in [2.75, 3.05) is 13.2 Å². The minimum Gasteiger partial charge on any atom is -0.463 e. The van der Waals surface area contributed by atoms with Crippen LogP contribution < -0.4 is 0 Å². The molecule has 5 unspecified atom stereocenters. The van der Waals surface area contributed by atoms with Crippen LogP contribution in [0.2, 0.25) is 0 Å². The first kappa shape index (κ1) is 21.7. The van der Waals surface area contributed by atoms with Gasteiger partial charge in [0.15, 0.2) is 6.29 Å². The van der Waals surface area contributed by atoms with Gasteiger partial charge in [-0.25, -0.2) is 0 Å². The molecule has 1 heterocycles. The molecule has 142 valence electrons. The van der Waals surface area contributed by atoms with E-state index in [4.69, 9.17) is 20.6 Å². The maximum atomic E-state index is 11.6. The highest BCUT2D eigenvalue weighted by Crippen LogP contribution is 2.35. The molecule has 1 aliphatic heterocycles. The van der Waals surface area contributed by atoms with Crippen LogP contribution in [0.4, 0.5) is 0 Å². The van der Waals surface area contributed by atoms with Gasteiger partial charge in [0, 0.05) is 38.7 Å². The summed E-state index contributed by atoms with van der Waals surface area (Å²) in [5.74, 6) is 3.36. The number of esters is 1. The molecule has 0 bridgehead atoms. The van der Waals surface area contributed by atoms with Crippen molar-refractivity contribution >= 4 is 11.8 Å². The van der Waals surface area contributed by atoms with Crippen molar-refractivity contribution in [1.29, 1.82) is 0 Å². The van der Waals surface area contributed by atoms with Crippen molar-refractivity contribution in [2.24, 2.45) is 17.8 Å². The first-order valence-corrected chi connectivity index (χ1v) is 9.22. The van der Waals surface area contributed by atoms with Gasteiger partial charge in [-0.2, -0.15) is 0 Å². The fourth-order valence-corrected chi connectivity index (χ4v) is 3.03. The van der Waals surface area contributed by atoms with Gasteiger partial charge >= 0.3 is 5.97 Å². The predicted octanol–water partition coefficient (Wildman–Crippen LogP) is 3.35. The lowest BCUT2D eigenvalue weighted by Crippen LogP contribution is -2.47. The maximum Gasteiger partial charge on any atom is 0.302 e. The van der Waals surface area contributed by atoms with Gasteiger partial charge in [-0.3, -0.25) is 9.59 Å². The van der Waals surface area contributed by atoms with E-state index in [9.17, 15) is 9.59 Å². The van der Waals surface area contributed by atoms with Crippen LogP contribution in [0.3, 0.4) is 0 Å². The van der Waals surface area contributed by atoms with E-state index in [2.05, 4.69) is 26.7 Å². The normalized spacial score (nSPS) is 29.0. The van der Waals surface area contributed by atoms with Crippen LogP contribution in [0.15, 0.2) is 0 Å². The lowest BCUT2D eigenvalue weighted by atomic mass is 9.79. The van der Waals surface area contributed by atoms with Gasteiger partial charge in [-0.05, 0) is 24.7 Å². The number of unbranched alkanes of at least 4 members (excludes halogenated alkanes) is 1. The Morgan fingerprint density at radius 2 is 1.80 bits per heavy atom. The van der Waals surface area contributed by atoms with Crippen LogP contribution in [0, 0.1) is 30.1 Å². The lowest BCUT2D eigenvalue weighted by molar-refractivity contribution is -0.255. The van der Waals surface area contributed by atoms with Crippen molar-refractivity contribution in [1.82, 2.24) is 0 Å². The van der Waals surface area contributed by atoms with E-state index in [1.54, 1.807) is 0 Å². The molecule has 0 aromatic heterocycles. The zero-order valence-corrected chi connectivity index (χ0v) is 16.0. The minimum absolute atomic E-state index is 0.148. The predicted molar refractivity (Wildman–Crippen MR) is 95.7 cm³/mol. The van der Waals surface area contributed by atoms with Gasteiger partial charge < -0.3 is 14.2 Å². The van der Waals surface area contributed by atoms with Gasteiger partial charge in [0.2, 0.25) is 0 Å². The number of hydrogen-bond donors (Lipinski definition) is 0. The highest BCUT2D eigenvalue weighted by Gasteiger charge is 2.39. The Hall–Kier alpha value is -1.38. The van der Waals surface area contributed by atoms with Gasteiger partial charge in [0.1, 0.15) is 12.4 Å². The zero-order chi connectivity index (χ0) is 18.8. The molecule has 5 heteroatoms. The Bertz CT molecular complexity index is 467. The summed E-state index contributed by atoms with van der Waals surface area (Å²) in [6.45, 7) is 8.64. The van der Waals surface area contributed by atoms with Crippen molar-refractivity contribution in [3.63, 3.8) is 0 Å². The van der Waals surface area contributed by atoms with Crippen molar-refractivity contribution in [3.05, 3.63) is 0 Å². The zero-order valence-electron chi connectivity index (χ0n) is 16.0. The molecule has 25 heavy (non-hydrogen) atoms. The van der Waals surface area contributed by atoms with E-state index in [1.807, 2.05) is 0 Å². The summed E-state index contributed by atoms with van der Waals surface area (Å²) in [5.41, 5.74) is 0.